The average molecular weight is 235 g/mol. The molecule has 4 heteroatoms. The van der Waals surface area contributed by atoms with Crippen molar-refractivity contribution in [2.45, 2.75) is 20.4 Å². The Morgan fingerprint density at radius 2 is 2.24 bits per heavy atom. The fourth-order valence-electron chi connectivity index (χ4n) is 1.21. The van der Waals surface area contributed by atoms with E-state index in [4.69, 9.17) is 5.73 Å². The first kappa shape index (κ1) is 13.2. The number of guanidine groups is 1. The predicted octanol–water partition coefficient (Wildman–Crippen LogP) is 2.11. The van der Waals surface area contributed by atoms with Crippen LogP contribution in [0, 0.1) is 12.7 Å². The van der Waals surface area contributed by atoms with E-state index in [9.17, 15) is 4.39 Å². The molecule has 0 bridgehead atoms. The first-order valence-corrected chi connectivity index (χ1v) is 5.42. The molecule has 1 aromatic carbocycles. The molecule has 0 radical (unpaired) electrons. The molecule has 0 fully saturated rings. The zero-order valence-corrected chi connectivity index (χ0v) is 10.3. The lowest BCUT2D eigenvalue weighted by Gasteiger charge is -2.05. The third-order valence-corrected chi connectivity index (χ3v) is 2.24. The van der Waals surface area contributed by atoms with Gasteiger partial charge in [0.05, 0.1) is 6.54 Å². The molecule has 0 spiro atoms. The van der Waals surface area contributed by atoms with Gasteiger partial charge in [0.25, 0.3) is 0 Å². The van der Waals surface area contributed by atoms with Gasteiger partial charge in [0, 0.05) is 6.54 Å². The Bertz CT molecular complexity index is 438. The molecule has 0 saturated carbocycles. The number of nitrogens with zero attached hydrogens (tertiary/aromatic N) is 1. The molecule has 0 aliphatic carbocycles. The number of nitrogens with one attached hydrogen (secondary N) is 1. The van der Waals surface area contributed by atoms with Crippen LogP contribution in [0.4, 0.5) is 4.39 Å². The van der Waals surface area contributed by atoms with Crippen molar-refractivity contribution in [1.82, 2.24) is 5.32 Å². The number of hydrogen-bond donors (Lipinski definition) is 2. The summed E-state index contributed by atoms with van der Waals surface area (Å²) in [6.07, 6.45) is 0. The summed E-state index contributed by atoms with van der Waals surface area (Å²) in [5.41, 5.74) is 8.05. The van der Waals surface area contributed by atoms with Gasteiger partial charge >= 0.3 is 0 Å². The quantitative estimate of drug-likeness (QED) is 0.477. The van der Waals surface area contributed by atoms with E-state index >= 15 is 0 Å². The van der Waals surface area contributed by atoms with E-state index in [0.717, 1.165) is 11.1 Å². The second-order valence-electron chi connectivity index (χ2n) is 4.10. The molecule has 0 heterocycles. The molecule has 1 rings (SSSR count). The molecular weight excluding hydrogens is 217 g/mol. The molecule has 0 amide bonds. The molecule has 0 saturated heterocycles. The molecule has 3 nitrogen and oxygen atoms in total. The highest BCUT2D eigenvalue weighted by Crippen LogP contribution is 2.09. The SMILES string of the molecule is C=C(C)CNC(N)=NCc1ccc(C)c(F)c1. The van der Waals surface area contributed by atoms with Crippen LogP contribution in [0.1, 0.15) is 18.1 Å². The topological polar surface area (TPSA) is 50.4 Å². The molecule has 17 heavy (non-hydrogen) atoms. The first-order valence-electron chi connectivity index (χ1n) is 5.42. The van der Waals surface area contributed by atoms with E-state index in [-0.39, 0.29) is 5.82 Å². The third-order valence-electron chi connectivity index (χ3n) is 2.24. The second kappa shape index (κ2) is 6.03. The van der Waals surface area contributed by atoms with Crippen molar-refractivity contribution in [3.8, 4) is 0 Å². The Kier molecular flexibility index (Phi) is 4.69. The summed E-state index contributed by atoms with van der Waals surface area (Å²) in [4.78, 5) is 4.11. The second-order valence-corrected chi connectivity index (χ2v) is 4.10. The van der Waals surface area contributed by atoms with E-state index in [2.05, 4.69) is 16.9 Å². The van der Waals surface area contributed by atoms with Gasteiger partial charge in [0.15, 0.2) is 5.96 Å². The fraction of sp³-hybridized carbons (Fsp3) is 0.308. The lowest BCUT2D eigenvalue weighted by atomic mass is 10.1. The fourth-order valence-corrected chi connectivity index (χ4v) is 1.21. The van der Waals surface area contributed by atoms with Gasteiger partial charge in [0.1, 0.15) is 5.82 Å². The maximum atomic E-state index is 13.3. The average Bonchev–Trinajstić information content (AvgIpc) is 2.28. The number of benzene rings is 1. The standard InChI is InChI=1S/C13H18FN3/c1-9(2)7-16-13(15)17-8-11-5-4-10(3)12(14)6-11/h4-6H,1,7-8H2,2-3H3,(H3,15,16,17). The molecular formula is C13H18FN3. The summed E-state index contributed by atoms with van der Waals surface area (Å²) in [6, 6.07) is 5.05. The maximum Gasteiger partial charge on any atom is 0.189 e. The Morgan fingerprint density at radius 1 is 1.53 bits per heavy atom. The largest absolute Gasteiger partial charge is 0.370 e. The summed E-state index contributed by atoms with van der Waals surface area (Å²) in [7, 11) is 0. The minimum atomic E-state index is -0.217. The third kappa shape index (κ3) is 4.68. The monoisotopic (exact) mass is 235 g/mol. The van der Waals surface area contributed by atoms with E-state index in [1.165, 1.54) is 6.07 Å². The van der Waals surface area contributed by atoms with Crippen LogP contribution in [0.2, 0.25) is 0 Å². The van der Waals surface area contributed by atoms with Crippen molar-refractivity contribution in [1.29, 1.82) is 0 Å². The van der Waals surface area contributed by atoms with E-state index in [1.54, 1.807) is 13.0 Å². The van der Waals surface area contributed by atoms with Gasteiger partial charge < -0.3 is 11.1 Å². The van der Waals surface area contributed by atoms with Crippen molar-refractivity contribution < 1.29 is 4.39 Å². The number of nitrogens with two attached hydrogens (primary N) is 1. The number of hydrogen-bond acceptors (Lipinski definition) is 1. The van der Waals surface area contributed by atoms with E-state index < -0.39 is 0 Å². The highest BCUT2D eigenvalue weighted by atomic mass is 19.1. The molecule has 0 aliphatic heterocycles. The molecule has 0 aromatic heterocycles. The van der Waals surface area contributed by atoms with Gasteiger partial charge in [-0.3, -0.25) is 0 Å². The first-order chi connectivity index (χ1) is 7.99. The van der Waals surface area contributed by atoms with Gasteiger partial charge in [-0.25, -0.2) is 9.38 Å². The Morgan fingerprint density at radius 3 is 2.82 bits per heavy atom. The van der Waals surface area contributed by atoms with Crippen LogP contribution in [-0.2, 0) is 6.54 Å². The van der Waals surface area contributed by atoms with Crippen LogP contribution in [0.15, 0.2) is 35.3 Å². The normalized spacial score (nSPS) is 11.4. The summed E-state index contributed by atoms with van der Waals surface area (Å²) >= 11 is 0. The molecule has 1 aromatic rings. The Balaban J connectivity index is 2.56. The van der Waals surface area contributed by atoms with Crippen molar-refractivity contribution >= 4 is 5.96 Å². The summed E-state index contributed by atoms with van der Waals surface area (Å²) < 4.78 is 13.3. The van der Waals surface area contributed by atoms with Gasteiger partial charge in [-0.15, -0.1) is 0 Å². The molecule has 3 N–H and O–H groups in total. The summed E-state index contributed by atoms with van der Waals surface area (Å²) in [6.45, 7) is 8.33. The summed E-state index contributed by atoms with van der Waals surface area (Å²) in [5, 5.41) is 2.91. The van der Waals surface area contributed by atoms with Crippen LogP contribution in [0.3, 0.4) is 0 Å². The molecule has 0 unspecified atom stereocenters. The van der Waals surface area contributed by atoms with Crippen molar-refractivity contribution in [2.24, 2.45) is 10.7 Å². The predicted molar refractivity (Wildman–Crippen MR) is 69.3 cm³/mol. The van der Waals surface area contributed by atoms with Crippen LogP contribution < -0.4 is 11.1 Å². The van der Waals surface area contributed by atoms with E-state index in [1.807, 2.05) is 13.0 Å². The van der Waals surface area contributed by atoms with Crippen LogP contribution in [0.25, 0.3) is 0 Å². The maximum absolute atomic E-state index is 13.3. The minimum Gasteiger partial charge on any atom is -0.370 e. The molecule has 0 atom stereocenters. The molecule has 0 aliphatic rings. The lowest BCUT2D eigenvalue weighted by Crippen LogP contribution is -2.32. The van der Waals surface area contributed by atoms with Gasteiger partial charge in [-0.1, -0.05) is 24.3 Å². The van der Waals surface area contributed by atoms with Gasteiger partial charge in [-0.05, 0) is 31.0 Å². The number of aryl methyl sites for hydroxylation is 1. The number of aliphatic imine (C=N–C) groups is 1. The highest BCUT2D eigenvalue weighted by molar-refractivity contribution is 5.78. The Hall–Kier alpha value is -1.84. The minimum absolute atomic E-state index is 0.217. The van der Waals surface area contributed by atoms with Crippen molar-refractivity contribution in [2.75, 3.05) is 6.54 Å². The van der Waals surface area contributed by atoms with Crippen LogP contribution >= 0.6 is 0 Å². The smallest absolute Gasteiger partial charge is 0.189 e. The van der Waals surface area contributed by atoms with Crippen LogP contribution in [-0.4, -0.2) is 12.5 Å². The van der Waals surface area contributed by atoms with Gasteiger partial charge in [0.2, 0.25) is 0 Å². The zero-order chi connectivity index (χ0) is 12.8. The molecule has 92 valence electrons. The highest BCUT2D eigenvalue weighted by Gasteiger charge is 1.99. The van der Waals surface area contributed by atoms with Crippen molar-refractivity contribution in [3.63, 3.8) is 0 Å². The summed E-state index contributed by atoms with van der Waals surface area (Å²) in [5.74, 6) is 0.125. The number of rotatable bonds is 4. The van der Waals surface area contributed by atoms with Crippen LogP contribution in [0.5, 0.6) is 0 Å². The Labute approximate surface area is 101 Å². The number of halogens is 1. The zero-order valence-electron chi connectivity index (χ0n) is 10.3. The lowest BCUT2D eigenvalue weighted by molar-refractivity contribution is 0.616. The van der Waals surface area contributed by atoms with Gasteiger partial charge in [-0.2, -0.15) is 0 Å². The van der Waals surface area contributed by atoms with E-state index in [0.29, 0.717) is 24.6 Å². The van der Waals surface area contributed by atoms with Crippen molar-refractivity contribution in [3.05, 3.63) is 47.3 Å².